The van der Waals surface area contributed by atoms with E-state index >= 15 is 0 Å². The van der Waals surface area contributed by atoms with Crippen molar-refractivity contribution in [2.75, 3.05) is 7.11 Å². The molecule has 0 saturated carbocycles. The van der Waals surface area contributed by atoms with Crippen molar-refractivity contribution in [3.05, 3.63) is 35.6 Å². The van der Waals surface area contributed by atoms with Crippen molar-refractivity contribution >= 4 is 11.0 Å². The SMILES string of the molecule is CCC(CC)(OC)C(N)c1cc2cccc(C)c2o1. The number of rotatable bonds is 5. The van der Waals surface area contributed by atoms with Crippen molar-refractivity contribution in [2.24, 2.45) is 5.73 Å². The monoisotopic (exact) mass is 261 g/mol. The summed E-state index contributed by atoms with van der Waals surface area (Å²) in [5.41, 5.74) is 8.09. The van der Waals surface area contributed by atoms with Gasteiger partial charge in [-0.25, -0.2) is 0 Å². The summed E-state index contributed by atoms with van der Waals surface area (Å²) < 4.78 is 11.7. The predicted octanol–water partition coefficient (Wildman–Crippen LogP) is 3.95. The number of benzene rings is 1. The fourth-order valence-electron chi connectivity index (χ4n) is 2.75. The summed E-state index contributed by atoms with van der Waals surface area (Å²) >= 11 is 0. The molecule has 1 heterocycles. The molecule has 1 aromatic heterocycles. The minimum absolute atomic E-state index is 0.251. The number of furan rings is 1. The van der Waals surface area contributed by atoms with Gasteiger partial charge >= 0.3 is 0 Å². The van der Waals surface area contributed by atoms with Gasteiger partial charge in [0.25, 0.3) is 0 Å². The molecule has 3 nitrogen and oxygen atoms in total. The molecular weight excluding hydrogens is 238 g/mol. The predicted molar refractivity (Wildman–Crippen MR) is 78.2 cm³/mol. The maximum atomic E-state index is 6.40. The third kappa shape index (κ3) is 2.28. The first kappa shape index (κ1) is 14.1. The van der Waals surface area contributed by atoms with E-state index in [1.54, 1.807) is 7.11 Å². The Balaban J connectivity index is 2.46. The highest BCUT2D eigenvalue weighted by Gasteiger charge is 2.36. The van der Waals surface area contributed by atoms with Gasteiger partial charge in [-0.1, -0.05) is 32.0 Å². The molecule has 1 unspecified atom stereocenters. The molecule has 19 heavy (non-hydrogen) atoms. The lowest BCUT2D eigenvalue weighted by Crippen LogP contribution is -2.41. The topological polar surface area (TPSA) is 48.4 Å². The van der Waals surface area contributed by atoms with Gasteiger partial charge in [-0.05, 0) is 31.4 Å². The molecule has 0 amide bonds. The van der Waals surface area contributed by atoms with E-state index < -0.39 is 0 Å². The minimum Gasteiger partial charge on any atom is -0.459 e. The number of nitrogens with two attached hydrogens (primary N) is 1. The number of hydrogen-bond acceptors (Lipinski definition) is 3. The Hall–Kier alpha value is -1.32. The van der Waals surface area contributed by atoms with Gasteiger partial charge in [0.15, 0.2) is 0 Å². The Morgan fingerprint density at radius 3 is 2.53 bits per heavy atom. The van der Waals surface area contributed by atoms with Gasteiger partial charge in [0.05, 0.1) is 11.6 Å². The molecule has 1 aromatic carbocycles. The molecular formula is C16H23NO2. The Morgan fingerprint density at radius 2 is 2.00 bits per heavy atom. The molecule has 2 rings (SSSR count). The van der Waals surface area contributed by atoms with Crippen LogP contribution in [0.4, 0.5) is 0 Å². The smallest absolute Gasteiger partial charge is 0.137 e. The van der Waals surface area contributed by atoms with Gasteiger partial charge < -0.3 is 14.9 Å². The molecule has 3 heteroatoms. The van der Waals surface area contributed by atoms with Crippen LogP contribution in [0, 0.1) is 6.92 Å². The maximum Gasteiger partial charge on any atom is 0.137 e. The molecule has 104 valence electrons. The third-order valence-corrected chi connectivity index (χ3v) is 4.24. The lowest BCUT2D eigenvalue weighted by molar-refractivity contribution is -0.0428. The number of fused-ring (bicyclic) bond motifs is 1. The van der Waals surface area contributed by atoms with Crippen LogP contribution in [0.15, 0.2) is 28.7 Å². The van der Waals surface area contributed by atoms with Crippen molar-refractivity contribution in [1.82, 2.24) is 0 Å². The lowest BCUT2D eigenvalue weighted by Gasteiger charge is -2.34. The lowest BCUT2D eigenvalue weighted by atomic mass is 9.87. The van der Waals surface area contributed by atoms with Crippen LogP contribution in [0.25, 0.3) is 11.0 Å². The summed E-state index contributed by atoms with van der Waals surface area (Å²) in [5, 5.41) is 1.10. The van der Waals surface area contributed by atoms with E-state index in [9.17, 15) is 0 Å². The van der Waals surface area contributed by atoms with Crippen molar-refractivity contribution in [2.45, 2.75) is 45.3 Å². The molecule has 0 saturated heterocycles. The van der Waals surface area contributed by atoms with Crippen molar-refractivity contribution < 1.29 is 9.15 Å². The molecule has 0 aliphatic rings. The largest absolute Gasteiger partial charge is 0.459 e. The second kappa shape index (κ2) is 5.35. The Morgan fingerprint density at radius 1 is 1.32 bits per heavy atom. The van der Waals surface area contributed by atoms with E-state index in [0.717, 1.165) is 35.1 Å². The van der Waals surface area contributed by atoms with Crippen molar-refractivity contribution in [1.29, 1.82) is 0 Å². The van der Waals surface area contributed by atoms with E-state index in [4.69, 9.17) is 14.9 Å². The zero-order chi connectivity index (χ0) is 14.0. The summed E-state index contributed by atoms with van der Waals surface area (Å²) in [5.74, 6) is 0.801. The molecule has 2 aromatic rings. The number of methoxy groups -OCH3 is 1. The standard InChI is InChI=1S/C16H23NO2/c1-5-16(6-2,18-4)15(17)13-10-12-9-7-8-11(3)14(12)19-13/h7-10,15H,5-6,17H2,1-4H3. The molecule has 0 aliphatic heterocycles. The Labute approximate surface area is 114 Å². The average molecular weight is 261 g/mol. The zero-order valence-electron chi connectivity index (χ0n) is 12.2. The fraction of sp³-hybridized carbons (Fsp3) is 0.500. The van der Waals surface area contributed by atoms with E-state index in [-0.39, 0.29) is 11.6 Å². The maximum absolute atomic E-state index is 6.40. The van der Waals surface area contributed by atoms with Gasteiger partial charge in [-0.3, -0.25) is 0 Å². The van der Waals surface area contributed by atoms with E-state index in [0.29, 0.717) is 0 Å². The van der Waals surface area contributed by atoms with Crippen LogP contribution in [0.2, 0.25) is 0 Å². The first-order valence-electron chi connectivity index (χ1n) is 6.87. The number of ether oxygens (including phenoxy) is 1. The highest BCUT2D eigenvalue weighted by Crippen LogP contribution is 2.36. The highest BCUT2D eigenvalue weighted by molar-refractivity contribution is 5.81. The molecule has 0 fully saturated rings. The van der Waals surface area contributed by atoms with Crippen LogP contribution < -0.4 is 5.73 Å². The van der Waals surface area contributed by atoms with E-state index in [1.165, 1.54) is 0 Å². The number of para-hydroxylation sites is 1. The first-order valence-corrected chi connectivity index (χ1v) is 6.87. The quantitative estimate of drug-likeness (QED) is 0.886. The number of aryl methyl sites for hydroxylation is 1. The van der Waals surface area contributed by atoms with E-state index in [2.05, 4.69) is 19.9 Å². The average Bonchev–Trinajstić information content (AvgIpc) is 2.86. The second-order valence-corrected chi connectivity index (χ2v) is 5.10. The molecule has 0 aliphatic carbocycles. The molecule has 0 bridgehead atoms. The van der Waals surface area contributed by atoms with Crippen LogP contribution in [-0.2, 0) is 4.74 Å². The van der Waals surface area contributed by atoms with Crippen LogP contribution in [0.3, 0.4) is 0 Å². The summed E-state index contributed by atoms with van der Waals surface area (Å²) in [6.45, 7) is 6.24. The van der Waals surface area contributed by atoms with Gasteiger partial charge in [0.1, 0.15) is 11.3 Å². The van der Waals surface area contributed by atoms with Crippen LogP contribution in [0.5, 0.6) is 0 Å². The second-order valence-electron chi connectivity index (χ2n) is 5.10. The summed E-state index contributed by atoms with van der Waals surface area (Å²) in [6, 6.07) is 7.91. The highest BCUT2D eigenvalue weighted by atomic mass is 16.5. The molecule has 0 radical (unpaired) electrons. The zero-order valence-corrected chi connectivity index (χ0v) is 12.2. The van der Waals surface area contributed by atoms with Crippen LogP contribution in [0.1, 0.15) is 44.1 Å². The van der Waals surface area contributed by atoms with Crippen molar-refractivity contribution in [3.63, 3.8) is 0 Å². The Kier molecular flexibility index (Phi) is 3.97. The van der Waals surface area contributed by atoms with E-state index in [1.807, 2.05) is 25.1 Å². The summed E-state index contributed by atoms with van der Waals surface area (Å²) in [7, 11) is 1.72. The molecule has 2 N–H and O–H groups in total. The van der Waals surface area contributed by atoms with Gasteiger partial charge in [0.2, 0.25) is 0 Å². The van der Waals surface area contributed by atoms with Crippen LogP contribution >= 0.6 is 0 Å². The minimum atomic E-state index is -0.359. The van der Waals surface area contributed by atoms with Crippen LogP contribution in [-0.4, -0.2) is 12.7 Å². The number of hydrogen-bond donors (Lipinski definition) is 1. The van der Waals surface area contributed by atoms with Gasteiger partial charge in [0, 0.05) is 12.5 Å². The first-order chi connectivity index (χ1) is 9.07. The van der Waals surface area contributed by atoms with Gasteiger partial charge in [-0.2, -0.15) is 0 Å². The Bertz CT molecular complexity index is 547. The fourth-order valence-corrected chi connectivity index (χ4v) is 2.75. The van der Waals surface area contributed by atoms with Crippen molar-refractivity contribution in [3.8, 4) is 0 Å². The van der Waals surface area contributed by atoms with Gasteiger partial charge in [-0.15, -0.1) is 0 Å². The molecule has 1 atom stereocenters. The summed E-state index contributed by atoms with van der Waals surface area (Å²) in [4.78, 5) is 0. The normalized spacial score (nSPS) is 13.9. The molecule has 0 spiro atoms. The third-order valence-electron chi connectivity index (χ3n) is 4.24. The summed E-state index contributed by atoms with van der Waals surface area (Å²) in [6.07, 6.45) is 1.72.